The van der Waals surface area contributed by atoms with Crippen molar-refractivity contribution in [3.63, 3.8) is 0 Å². The maximum absolute atomic E-state index is 11.6. The van der Waals surface area contributed by atoms with Crippen molar-refractivity contribution in [3.8, 4) is 0 Å². The van der Waals surface area contributed by atoms with Crippen LogP contribution < -0.4 is 17.7 Å². The van der Waals surface area contributed by atoms with Crippen LogP contribution in [0.2, 0.25) is 0 Å². The summed E-state index contributed by atoms with van der Waals surface area (Å²) in [5.74, 6) is 0.952. The summed E-state index contributed by atoms with van der Waals surface area (Å²) in [5.41, 5.74) is 0.347. The lowest BCUT2D eigenvalue weighted by atomic mass is 9.95. The molecule has 2 rings (SSSR count). The molecule has 204 valence electrons. The molecule has 0 fully saturated rings. The van der Waals surface area contributed by atoms with Gasteiger partial charge >= 0.3 is 0 Å². The van der Waals surface area contributed by atoms with Crippen LogP contribution in [0, 0.1) is 0 Å². The van der Waals surface area contributed by atoms with E-state index in [2.05, 4.69) is 66.7 Å². The van der Waals surface area contributed by atoms with Gasteiger partial charge < -0.3 is 17.5 Å². The van der Waals surface area contributed by atoms with Gasteiger partial charge in [0, 0.05) is 12.5 Å². The molecule has 0 aliphatic carbocycles. The third-order valence-electron chi connectivity index (χ3n) is 7.54. The molecule has 0 saturated carbocycles. The molecule has 0 amide bonds. The highest BCUT2D eigenvalue weighted by molar-refractivity contribution is 5.89. The van der Waals surface area contributed by atoms with E-state index < -0.39 is 5.72 Å². The van der Waals surface area contributed by atoms with Gasteiger partial charge in [0.25, 0.3) is 5.84 Å². The molecule has 0 bridgehead atoms. The molecule has 2 unspecified atom stereocenters. The van der Waals surface area contributed by atoms with Gasteiger partial charge in [0.15, 0.2) is 6.04 Å². The third-order valence-corrected chi connectivity index (χ3v) is 7.54. The number of halogens is 1. The van der Waals surface area contributed by atoms with Crippen molar-refractivity contribution in [3.05, 3.63) is 60.7 Å². The van der Waals surface area contributed by atoms with Crippen LogP contribution in [-0.4, -0.2) is 27.3 Å². The molecule has 1 aliphatic rings. The fourth-order valence-electron chi connectivity index (χ4n) is 5.26. The highest BCUT2D eigenvalue weighted by Gasteiger charge is 2.51. The zero-order chi connectivity index (χ0) is 25.2. The second-order valence-electron chi connectivity index (χ2n) is 10.3. The van der Waals surface area contributed by atoms with E-state index in [9.17, 15) is 5.11 Å². The first kappa shape index (κ1) is 32.4. The van der Waals surface area contributed by atoms with E-state index in [1.807, 2.05) is 12.1 Å². The predicted octanol–water partition coefficient (Wildman–Crippen LogP) is 5.29. The van der Waals surface area contributed by atoms with E-state index in [1.165, 1.54) is 89.0 Å². The van der Waals surface area contributed by atoms with Crippen LogP contribution in [0.15, 0.2) is 55.1 Å². The zero-order valence-corrected chi connectivity index (χ0v) is 24.0. The molecular weight excluding hydrogens is 464 g/mol. The lowest BCUT2D eigenvalue weighted by Gasteiger charge is -2.27. The minimum atomic E-state index is -0.860. The zero-order valence-electron chi connectivity index (χ0n) is 23.2. The van der Waals surface area contributed by atoms with Crippen LogP contribution >= 0.6 is 0 Å². The smallest absolute Gasteiger partial charge is 0.272 e. The van der Waals surface area contributed by atoms with Crippen LogP contribution in [0.4, 0.5) is 0 Å². The average molecular weight is 517 g/mol. The maximum Gasteiger partial charge on any atom is 0.272 e. The summed E-state index contributed by atoms with van der Waals surface area (Å²) in [6, 6.07) is 10.4. The molecule has 3 nitrogen and oxygen atoms in total. The third kappa shape index (κ3) is 11.2. The monoisotopic (exact) mass is 516 g/mol. The first-order chi connectivity index (χ1) is 17.2. The molecule has 2 N–H and O–H groups in total. The number of hydrogen-bond donors (Lipinski definition) is 2. The van der Waals surface area contributed by atoms with Gasteiger partial charge in [-0.15, -0.1) is 0 Å². The van der Waals surface area contributed by atoms with Crippen LogP contribution in [0.3, 0.4) is 0 Å². The molecule has 1 aliphatic heterocycles. The molecule has 1 aromatic carbocycles. The predicted molar refractivity (Wildman–Crippen MR) is 152 cm³/mol. The molecule has 0 aromatic heterocycles. The summed E-state index contributed by atoms with van der Waals surface area (Å²) >= 11 is 0. The van der Waals surface area contributed by atoms with Gasteiger partial charge in [0.2, 0.25) is 5.72 Å². The molecule has 4 heteroatoms. The molecule has 2 atom stereocenters. The Morgan fingerprint density at radius 2 is 1.42 bits per heavy atom. The van der Waals surface area contributed by atoms with Gasteiger partial charge in [-0.25, -0.2) is 4.58 Å². The minimum absolute atomic E-state index is 0. The molecule has 0 radical (unpaired) electrons. The van der Waals surface area contributed by atoms with Crippen LogP contribution in [0.5, 0.6) is 0 Å². The van der Waals surface area contributed by atoms with E-state index >= 15 is 0 Å². The Morgan fingerprint density at radius 3 is 1.97 bits per heavy atom. The van der Waals surface area contributed by atoms with Gasteiger partial charge in [-0.3, -0.25) is 5.32 Å². The quantitative estimate of drug-likeness (QED) is 0.140. The number of benzene rings is 1. The average Bonchev–Trinajstić information content (AvgIpc) is 3.15. The van der Waals surface area contributed by atoms with Crippen molar-refractivity contribution in [2.24, 2.45) is 0 Å². The fourth-order valence-corrected chi connectivity index (χ4v) is 5.26. The number of allylic oxidation sites excluding steroid dienone is 2. The Morgan fingerprint density at radius 1 is 0.861 bits per heavy atom. The standard InChI is InChI=1S/C32H52N2O.ClH/c1-4-7-8-9-10-11-12-13-14-15-16-17-18-19-20-24-27-30-32(35,6-3)34(31(5-2)33-30)28-29-25-22-21-23-26-29;/h5,13-14,21-23,25-26,30,35H,2,4,6-12,15-20,24,27-28H2,1,3H3;1H/b14-13-;. The summed E-state index contributed by atoms with van der Waals surface area (Å²) in [5, 5.41) is 15.2. The Hall–Kier alpha value is -1.58. The Kier molecular flexibility index (Phi) is 17.6. The van der Waals surface area contributed by atoms with E-state index in [4.69, 9.17) is 0 Å². The lowest BCUT2D eigenvalue weighted by Crippen LogP contribution is -3.00. The van der Waals surface area contributed by atoms with Crippen molar-refractivity contribution in [1.82, 2.24) is 5.32 Å². The summed E-state index contributed by atoms with van der Waals surface area (Å²) in [6.07, 6.45) is 26.8. The highest BCUT2D eigenvalue weighted by atomic mass is 35.5. The first-order valence-corrected chi connectivity index (χ1v) is 14.6. The number of hydrogen-bond acceptors (Lipinski definition) is 2. The van der Waals surface area contributed by atoms with Gasteiger partial charge in [-0.1, -0.05) is 121 Å². The SMILES string of the molecule is C=CC1=[N+](Cc2ccccc2)C(O)(CC)C(CCCCCCCC/C=C\CCCCCCCC)N1.[Cl-]. The van der Waals surface area contributed by atoms with Crippen LogP contribution in [0.1, 0.15) is 122 Å². The number of unbranched alkanes of at least 4 members (excludes halogenated alkanes) is 12. The molecular formula is C32H53ClN2O. The van der Waals surface area contributed by atoms with Gasteiger partial charge in [0.05, 0.1) is 0 Å². The summed E-state index contributed by atoms with van der Waals surface area (Å²) in [6.45, 7) is 9.05. The molecule has 36 heavy (non-hydrogen) atoms. The Bertz CT molecular complexity index is 761. The largest absolute Gasteiger partial charge is 1.00 e. The number of nitrogens with zero attached hydrogens (tertiary/aromatic N) is 1. The van der Waals surface area contributed by atoms with E-state index in [0.717, 1.165) is 18.7 Å². The van der Waals surface area contributed by atoms with Gasteiger partial charge in [0.1, 0.15) is 6.54 Å². The van der Waals surface area contributed by atoms with Crippen molar-refractivity contribution < 1.29 is 22.1 Å². The fraction of sp³-hybridized carbons (Fsp3) is 0.656. The van der Waals surface area contributed by atoms with Crippen molar-refractivity contribution in [2.45, 2.75) is 135 Å². The first-order valence-electron chi connectivity index (χ1n) is 14.6. The number of amidine groups is 1. The summed E-state index contributed by atoms with van der Waals surface area (Å²) in [7, 11) is 0. The topological polar surface area (TPSA) is 35.3 Å². The maximum atomic E-state index is 11.6. The van der Waals surface area contributed by atoms with Crippen LogP contribution in [-0.2, 0) is 6.54 Å². The van der Waals surface area contributed by atoms with E-state index in [0.29, 0.717) is 13.0 Å². The molecule has 0 spiro atoms. The van der Waals surface area contributed by atoms with Crippen molar-refractivity contribution >= 4 is 5.84 Å². The second kappa shape index (κ2) is 19.5. The normalized spacial score (nSPS) is 19.5. The highest BCUT2D eigenvalue weighted by Crippen LogP contribution is 2.28. The number of rotatable bonds is 20. The Labute approximate surface area is 228 Å². The molecule has 0 saturated heterocycles. The summed E-state index contributed by atoms with van der Waals surface area (Å²) < 4.78 is 2.11. The van der Waals surface area contributed by atoms with Crippen molar-refractivity contribution in [2.75, 3.05) is 0 Å². The van der Waals surface area contributed by atoms with Crippen molar-refractivity contribution in [1.29, 1.82) is 0 Å². The molecule has 1 aromatic rings. The summed E-state index contributed by atoms with van der Waals surface area (Å²) in [4.78, 5) is 0. The van der Waals surface area contributed by atoms with Crippen LogP contribution in [0.25, 0.3) is 0 Å². The van der Waals surface area contributed by atoms with E-state index in [1.54, 1.807) is 0 Å². The Balaban J connectivity index is 0.00000648. The number of nitrogens with one attached hydrogen (secondary N) is 1. The van der Waals surface area contributed by atoms with Gasteiger partial charge in [-0.05, 0) is 44.1 Å². The minimum Gasteiger partial charge on any atom is -1.00 e. The number of aliphatic hydroxyl groups is 1. The molecule has 1 heterocycles. The lowest BCUT2D eigenvalue weighted by molar-refractivity contribution is -0.665. The van der Waals surface area contributed by atoms with E-state index in [-0.39, 0.29) is 18.4 Å². The van der Waals surface area contributed by atoms with Gasteiger partial charge in [-0.2, -0.15) is 0 Å². The second-order valence-corrected chi connectivity index (χ2v) is 10.3.